The quantitative estimate of drug-likeness (QED) is 0.890. The lowest BCUT2D eigenvalue weighted by Gasteiger charge is -2.15. The zero-order valence-electron chi connectivity index (χ0n) is 10.9. The van der Waals surface area contributed by atoms with Crippen LogP contribution >= 0.6 is 0 Å². The fourth-order valence-electron chi connectivity index (χ4n) is 1.91. The van der Waals surface area contributed by atoms with Crippen molar-refractivity contribution in [1.82, 2.24) is 0 Å². The maximum Gasteiger partial charge on any atom is 0.119 e. The topological polar surface area (TPSA) is 35.2 Å². The standard InChI is InChI=1S/C16H19NO/c1-12-7-9-14(10-8-12)18-11-16(17)15-6-4-3-5-13(15)2/h3-10,16H,11,17H2,1-2H3. The molecule has 2 aromatic carbocycles. The fourth-order valence-corrected chi connectivity index (χ4v) is 1.91. The summed E-state index contributed by atoms with van der Waals surface area (Å²) in [6.45, 7) is 4.62. The molecule has 0 aliphatic carbocycles. The van der Waals surface area contributed by atoms with Crippen LogP contribution in [0.3, 0.4) is 0 Å². The van der Waals surface area contributed by atoms with Gasteiger partial charge in [-0.05, 0) is 37.1 Å². The minimum Gasteiger partial charge on any atom is -0.492 e. The van der Waals surface area contributed by atoms with Crippen molar-refractivity contribution in [2.24, 2.45) is 5.73 Å². The first kappa shape index (κ1) is 12.7. The Balaban J connectivity index is 1.98. The Morgan fingerprint density at radius 1 is 1.00 bits per heavy atom. The van der Waals surface area contributed by atoms with Crippen molar-refractivity contribution in [3.63, 3.8) is 0 Å². The SMILES string of the molecule is Cc1ccc(OCC(N)c2ccccc2C)cc1. The maximum atomic E-state index is 6.15. The van der Waals surface area contributed by atoms with Gasteiger partial charge in [0.15, 0.2) is 0 Å². The van der Waals surface area contributed by atoms with Crippen LogP contribution in [0.15, 0.2) is 48.5 Å². The first-order valence-corrected chi connectivity index (χ1v) is 6.17. The number of nitrogens with two attached hydrogens (primary N) is 1. The molecule has 2 heteroatoms. The van der Waals surface area contributed by atoms with E-state index in [1.54, 1.807) is 0 Å². The van der Waals surface area contributed by atoms with E-state index >= 15 is 0 Å². The molecule has 0 bridgehead atoms. The van der Waals surface area contributed by atoms with Crippen LogP contribution in [0, 0.1) is 13.8 Å². The van der Waals surface area contributed by atoms with Crippen LogP contribution in [0.4, 0.5) is 0 Å². The zero-order chi connectivity index (χ0) is 13.0. The Kier molecular flexibility index (Phi) is 4.00. The van der Waals surface area contributed by atoms with Crippen LogP contribution in [0.5, 0.6) is 5.75 Å². The second-order valence-electron chi connectivity index (χ2n) is 4.59. The third-order valence-corrected chi connectivity index (χ3v) is 3.04. The van der Waals surface area contributed by atoms with Gasteiger partial charge in [0.1, 0.15) is 12.4 Å². The molecular formula is C16H19NO. The highest BCUT2D eigenvalue weighted by Gasteiger charge is 2.08. The van der Waals surface area contributed by atoms with Gasteiger partial charge in [-0.1, -0.05) is 42.0 Å². The predicted molar refractivity (Wildman–Crippen MR) is 74.8 cm³/mol. The number of aryl methyl sites for hydroxylation is 2. The van der Waals surface area contributed by atoms with Gasteiger partial charge in [-0.3, -0.25) is 0 Å². The summed E-state index contributed by atoms with van der Waals surface area (Å²) < 4.78 is 5.71. The number of hydrogen-bond donors (Lipinski definition) is 1. The van der Waals surface area contributed by atoms with E-state index in [1.165, 1.54) is 11.1 Å². The van der Waals surface area contributed by atoms with Gasteiger partial charge in [0.05, 0.1) is 6.04 Å². The smallest absolute Gasteiger partial charge is 0.119 e. The Morgan fingerprint density at radius 3 is 2.33 bits per heavy atom. The van der Waals surface area contributed by atoms with Crippen LogP contribution in [-0.2, 0) is 0 Å². The monoisotopic (exact) mass is 241 g/mol. The van der Waals surface area contributed by atoms with E-state index in [9.17, 15) is 0 Å². The lowest BCUT2D eigenvalue weighted by molar-refractivity contribution is 0.290. The molecule has 0 saturated heterocycles. The Morgan fingerprint density at radius 2 is 1.67 bits per heavy atom. The molecule has 0 saturated carbocycles. The summed E-state index contributed by atoms with van der Waals surface area (Å²) in [5.41, 5.74) is 9.73. The molecule has 2 aromatic rings. The zero-order valence-corrected chi connectivity index (χ0v) is 10.9. The number of rotatable bonds is 4. The summed E-state index contributed by atoms with van der Waals surface area (Å²) in [6.07, 6.45) is 0. The van der Waals surface area contributed by atoms with Gasteiger partial charge in [0, 0.05) is 0 Å². The van der Waals surface area contributed by atoms with E-state index in [0.29, 0.717) is 6.61 Å². The molecule has 1 unspecified atom stereocenters. The summed E-state index contributed by atoms with van der Waals surface area (Å²) in [5, 5.41) is 0. The molecule has 0 aromatic heterocycles. The molecule has 2 nitrogen and oxygen atoms in total. The third kappa shape index (κ3) is 3.11. The predicted octanol–water partition coefficient (Wildman–Crippen LogP) is 3.38. The Bertz CT molecular complexity index is 505. The second kappa shape index (κ2) is 5.69. The van der Waals surface area contributed by atoms with Gasteiger partial charge in [0.25, 0.3) is 0 Å². The normalized spacial score (nSPS) is 12.2. The highest BCUT2D eigenvalue weighted by atomic mass is 16.5. The van der Waals surface area contributed by atoms with Crippen molar-refractivity contribution in [3.8, 4) is 5.75 Å². The van der Waals surface area contributed by atoms with Crippen molar-refractivity contribution in [1.29, 1.82) is 0 Å². The fraction of sp³-hybridized carbons (Fsp3) is 0.250. The lowest BCUT2D eigenvalue weighted by atomic mass is 10.0. The molecule has 0 radical (unpaired) electrons. The molecule has 2 N–H and O–H groups in total. The molecule has 2 rings (SSSR count). The van der Waals surface area contributed by atoms with E-state index in [4.69, 9.17) is 10.5 Å². The van der Waals surface area contributed by atoms with E-state index in [1.807, 2.05) is 36.4 Å². The second-order valence-corrected chi connectivity index (χ2v) is 4.59. The molecular weight excluding hydrogens is 222 g/mol. The number of ether oxygens (including phenoxy) is 1. The summed E-state index contributed by atoms with van der Waals surface area (Å²) in [7, 11) is 0. The Hall–Kier alpha value is -1.80. The average molecular weight is 241 g/mol. The average Bonchev–Trinajstić information content (AvgIpc) is 2.38. The van der Waals surface area contributed by atoms with Crippen LogP contribution in [0.1, 0.15) is 22.7 Å². The molecule has 0 spiro atoms. The highest BCUT2D eigenvalue weighted by Crippen LogP contribution is 2.17. The van der Waals surface area contributed by atoms with Gasteiger partial charge < -0.3 is 10.5 Å². The summed E-state index contributed by atoms with van der Waals surface area (Å²) in [4.78, 5) is 0. The van der Waals surface area contributed by atoms with Crippen molar-refractivity contribution < 1.29 is 4.74 Å². The minimum atomic E-state index is -0.0903. The molecule has 1 atom stereocenters. The van der Waals surface area contributed by atoms with Gasteiger partial charge in [-0.25, -0.2) is 0 Å². The third-order valence-electron chi connectivity index (χ3n) is 3.04. The van der Waals surface area contributed by atoms with Crippen molar-refractivity contribution in [2.75, 3.05) is 6.61 Å². The first-order chi connectivity index (χ1) is 8.66. The molecule has 0 aliphatic heterocycles. The number of benzene rings is 2. The van der Waals surface area contributed by atoms with Gasteiger partial charge in [-0.2, -0.15) is 0 Å². The van der Waals surface area contributed by atoms with Crippen molar-refractivity contribution in [2.45, 2.75) is 19.9 Å². The molecule has 0 aliphatic rings. The largest absolute Gasteiger partial charge is 0.492 e. The van der Waals surface area contributed by atoms with Crippen LogP contribution in [-0.4, -0.2) is 6.61 Å². The summed E-state index contributed by atoms with van der Waals surface area (Å²) in [6, 6.07) is 16.1. The number of hydrogen-bond acceptors (Lipinski definition) is 2. The molecule has 0 heterocycles. The van der Waals surface area contributed by atoms with Crippen LogP contribution < -0.4 is 10.5 Å². The van der Waals surface area contributed by atoms with Crippen LogP contribution in [0.2, 0.25) is 0 Å². The molecule has 94 valence electrons. The van der Waals surface area contributed by atoms with Gasteiger partial charge in [0.2, 0.25) is 0 Å². The maximum absolute atomic E-state index is 6.15. The highest BCUT2D eigenvalue weighted by molar-refractivity contribution is 5.29. The Labute approximate surface area is 108 Å². The summed E-state index contributed by atoms with van der Waals surface area (Å²) in [5.74, 6) is 0.865. The van der Waals surface area contributed by atoms with E-state index in [2.05, 4.69) is 26.0 Å². The van der Waals surface area contributed by atoms with E-state index in [-0.39, 0.29) is 6.04 Å². The van der Waals surface area contributed by atoms with Gasteiger partial charge in [-0.15, -0.1) is 0 Å². The summed E-state index contributed by atoms with van der Waals surface area (Å²) >= 11 is 0. The van der Waals surface area contributed by atoms with Crippen LogP contribution in [0.25, 0.3) is 0 Å². The lowest BCUT2D eigenvalue weighted by Crippen LogP contribution is -2.19. The van der Waals surface area contributed by atoms with Crippen molar-refractivity contribution in [3.05, 3.63) is 65.2 Å². The van der Waals surface area contributed by atoms with Gasteiger partial charge >= 0.3 is 0 Å². The van der Waals surface area contributed by atoms with E-state index in [0.717, 1.165) is 11.3 Å². The molecule has 0 amide bonds. The first-order valence-electron chi connectivity index (χ1n) is 6.17. The van der Waals surface area contributed by atoms with Crippen molar-refractivity contribution >= 4 is 0 Å². The molecule has 18 heavy (non-hydrogen) atoms. The molecule has 0 fully saturated rings. The minimum absolute atomic E-state index is 0.0903. The van der Waals surface area contributed by atoms with E-state index < -0.39 is 0 Å².